The van der Waals surface area contributed by atoms with Gasteiger partial charge in [-0.1, -0.05) is 0 Å². The van der Waals surface area contributed by atoms with Gasteiger partial charge in [0.05, 0.1) is 33.8 Å². The number of anilines is 5. The van der Waals surface area contributed by atoms with Crippen LogP contribution in [0.4, 0.5) is 28.8 Å². The summed E-state index contributed by atoms with van der Waals surface area (Å²) >= 11 is 3.57. The Labute approximate surface area is 278 Å². The fraction of sp³-hybridized carbons (Fsp3) is 0.344. The Morgan fingerprint density at radius 1 is 1.11 bits per heavy atom. The number of aromatic nitrogens is 4. The van der Waals surface area contributed by atoms with Gasteiger partial charge in [-0.3, -0.25) is 14.9 Å². The highest BCUT2D eigenvalue weighted by Gasteiger charge is 2.33. The van der Waals surface area contributed by atoms with Gasteiger partial charge in [-0.15, -0.1) is 0 Å². The third kappa shape index (κ3) is 6.86. The van der Waals surface area contributed by atoms with Gasteiger partial charge >= 0.3 is 0 Å². The van der Waals surface area contributed by atoms with Crippen molar-refractivity contribution in [3.8, 4) is 5.75 Å². The van der Waals surface area contributed by atoms with Gasteiger partial charge in [-0.2, -0.15) is 4.98 Å². The third-order valence-electron chi connectivity index (χ3n) is 8.14. The number of methoxy groups -OCH3 is 1. The van der Waals surface area contributed by atoms with Crippen LogP contribution in [0.2, 0.25) is 0 Å². The number of rotatable bonds is 10. The molecule has 0 atom stereocenters. The van der Waals surface area contributed by atoms with Crippen molar-refractivity contribution in [3.63, 3.8) is 0 Å². The molecule has 0 saturated carbocycles. The van der Waals surface area contributed by atoms with Gasteiger partial charge in [0.1, 0.15) is 24.2 Å². The van der Waals surface area contributed by atoms with Crippen LogP contribution in [0.5, 0.6) is 5.75 Å². The number of fused-ring (bicyclic) bond motifs is 1. The van der Waals surface area contributed by atoms with E-state index in [9.17, 15) is 4.57 Å². The van der Waals surface area contributed by atoms with E-state index < -0.39 is 7.14 Å². The van der Waals surface area contributed by atoms with Gasteiger partial charge in [0.2, 0.25) is 5.95 Å². The minimum Gasteiger partial charge on any atom is -0.494 e. The highest BCUT2D eigenvalue weighted by atomic mass is 79.9. The second-order valence-electron chi connectivity index (χ2n) is 12.1. The monoisotopic (exact) mass is 706 g/mol. The Hall–Kier alpha value is -4.06. The van der Waals surface area contributed by atoms with Crippen molar-refractivity contribution in [3.05, 3.63) is 59.1 Å². The maximum absolute atomic E-state index is 13.4. The number of nitrogens with zero attached hydrogens (tertiary/aromatic N) is 6. The van der Waals surface area contributed by atoms with Crippen LogP contribution in [-0.2, 0) is 4.57 Å². The summed E-state index contributed by atoms with van der Waals surface area (Å²) < 4.78 is 19.9. The Morgan fingerprint density at radius 3 is 2.54 bits per heavy atom. The summed E-state index contributed by atoms with van der Waals surface area (Å²) in [6.45, 7) is 10.5. The van der Waals surface area contributed by atoms with E-state index in [1.54, 1.807) is 39.0 Å². The second-order valence-corrected chi connectivity index (χ2v) is 16.1. The molecule has 12 nitrogen and oxygen atoms in total. The van der Waals surface area contributed by atoms with Gasteiger partial charge in [0, 0.05) is 86.1 Å². The van der Waals surface area contributed by atoms with Crippen molar-refractivity contribution < 1.29 is 9.30 Å². The van der Waals surface area contributed by atoms with Crippen molar-refractivity contribution in [2.24, 2.45) is 0 Å². The second kappa shape index (κ2) is 13.4. The Balaban J connectivity index is 1.55. The van der Waals surface area contributed by atoms with Crippen LogP contribution in [0.3, 0.4) is 0 Å². The average Bonchev–Trinajstić information content (AvgIpc) is 3.02. The number of likely N-dealkylation sites (N-methyl/N-ethyl adjacent to an activating group) is 1. The summed E-state index contributed by atoms with van der Waals surface area (Å²) in [6.07, 6.45) is 8.02. The predicted molar refractivity (Wildman–Crippen MR) is 193 cm³/mol. The van der Waals surface area contributed by atoms with E-state index in [2.05, 4.69) is 77.5 Å². The SMILES string of the molecule is CN/C=C(\C=N)c1cc(Nc2ncc(Br)c(Nc3ccc4nccnc4c3P(C)(C)=O)n2)c(OC)cc1N1CCN(C)C(C)(C)C1. The van der Waals surface area contributed by atoms with E-state index in [0.717, 1.165) is 36.5 Å². The van der Waals surface area contributed by atoms with Crippen LogP contribution in [0, 0.1) is 5.41 Å². The molecule has 1 aliphatic rings. The van der Waals surface area contributed by atoms with Crippen LogP contribution < -0.4 is 30.9 Å². The van der Waals surface area contributed by atoms with Crippen molar-refractivity contribution in [2.75, 3.05) is 69.7 Å². The minimum atomic E-state index is -2.77. The first-order valence-electron chi connectivity index (χ1n) is 14.8. The molecule has 2 aromatic carbocycles. The molecule has 46 heavy (non-hydrogen) atoms. The molecule has 242 valence electrons. The van der Waals surface area contributed by atoms with E-state index in [1.807, 2.05) is 37.5 Å². The molecule has 0 radical (unpaired) electrons. The van der Waals surface area contributed by atoms with Gasteiger partial charge in [0.15, 0.2) is 0 Å². The van der Waals surface area contributed by atoms with Crippen LogP contribution >= 0.6 is 23.1 Å². The zero-order chi connectivity index (χ0) is 33.2. The highest BCUT2D eigenvalue weighted by molar-refractivity contribution is 9.10. The first kappa shape index (κ1) is 33.3. The number of hydrogen-bond donors (Lipinski definition) is 4. The van der Waals surface area contributed by atoms with E-state index in [-0.39, 0.29) is 5.54 Å². The van der Waals surface area contributed by atoms with Crippen LogP contribution in [0.25, 0.3) is 16.6 Å². The molecule has 0 spiro atoms. The molecule has 14 heteroatoms. The van der Waals surface area contributed by atoms with Gasteiger partial charge < -0.3 is 35.6 Å². The molecule has 4 aromatic rings. The van der Waals surface area contributed by atoms with Crippen molar-refractivity contribution in [2.45, 2.75) is 19.4 Å². The quantitative estimate of drug-likeness (QED) is 0.120. The molecule has 0 amide bonds. The number of benzene rings is 2. The summed E-state index contributed by atoms with van der Waals surface area (Å²) in [6, 6.07) is 7.66. The number of hydrogen-bond acceptors (Lipinski definition) is 12. The molecule has 0 bridgehead atoms. The largest absolute Gasteiger partial charge is 0.494 e. The Bertz CT molecular complexity index is 1860. The highest BCUT2D eigenvalue weighted by Crippen LogP contribution is 2.42. The summed E-state index contributed by atoms with van der Waals surface area (Å²) in [5.41, 5.74) is 5.04. The summed E-state index contributed by atoms with van der Waals surface area (Å²) in [7, 11) is 2.82. The molecule has 0 unspecified atom stereocenters. The molecule has 1 fully saturated rings. The first-order chi connectivity index (χ1) is 21.9. The number of halogens is 1. The molecule has 0 aliphatic carbocycles. The molecule has 1 aliphatic heterocycles. The topological polar surface area (TPSA) is 144 Å². The van der Waals surface area contributed by atoms with E-state index in [1.165, 1.54) is 6.21 Å². The van der Waals surface area contributed by atoms with Crippen LogP contribution in [0.15, 0.2) is 53.5 Å². The molecule has 5 rings (SSSR count). The summed E-state index contributed by atoms with van der Waals surface area (Å²) in [5.74, 6) is 1.40. The van der Waals surface area contributed by atoms with Crippen molar-refractivity contribution in [1.29, 1.82) is 5.41 Å². The lowest BCUT2D eigenvalue weighted by molar-refractivity contribution is 0.139. The maximum atomic E-state index is 13.4. The van der Waals surface area contributed by atoms with Crippen molar-refractivity contribution in [1.82, 2.24) is 30.2 Å². The molecular formula is C32H40BrN10O2P. The number of piperazine rings is 1. The fourth-order valence-electron chi connectivity index (χ4n) is 5.56. The zero-order valence-corrected chi connectivity index (χ0v) is 29.6. The molecule has 2 aromatic heterocycles. The summed E-state index contributed by atoms with van der Waals surface area (Å²) in [4.78, 5) is 22.9. The van der Waals surface area contributed by atoms with Crippen LogP contribution in [0.1, 0.15) is 19.4 Å². The van der Waals surface area contributed by atoms with E-state index in [0.29, 0.717) is 49.7 Å². The van der Waals surface area contributed by atoms with Gasteiger partial charge in [-0.25, -0.2) is 4.98 Å². The number of allylic oxidation sites excluding steroid dienone is 1. The van der Waals surface area contributed by atoms with E-state index in [4.69, 9.17) is 15.1 Å². The Morgan fingerprint density at radius 2 is 1.87 bits per heavy atom. The maximum Gasteiger partial charge on any atom is 0.229 e. The first-order valence-corrected chi connectivity index (χ1v) is 18.2. The lowest BCUT2D eigenvalue weighted by Crippen LogP contribution is -2.57. The number of ether oxygens (including phenoxy) is 1. The van der Waals surface area contributed by atoms with Crippen LogP contribution in [-0.4, -0.2) is 90.8 Å². The van der Waals surface area contributed by atoms with Crippen molar-refractivity contribution >= 4 is 80.0 Å². The molecule has 1 saturated heterocycles. The third-order valence-corrected chi connectivity index (χ3v) is 10.2. The standard InChI is InChI=1S/C32H40BrN10O2P/c1-32(2)19-43(13-12-42(32)4)26-15-27(45-5)25(14-21(26)20(16-34)17-35-3)40-31-38-18-22(33)30(41-31)39-24-9-8-23-28(37-11-10-36-23)29(24)46(6,7)44/h8-11,14-18,34-35H,12-13,19H2,1-7H3,(H2,38,39,40,41)/b20-17+,34-16?. The Kier molecular flexibility index (Phi) is 9.67. The lowest BCUT2D eigenvalue weighted by Gasteiger charge is -2.46. The molecule has 3 heterocycles. The number of nitrogens with one attached hydrogen (secondary N) is 4. The average molecular weight is 708 g/mol. The molecular weight excluding hydrogens is 667 g/mol. The smallest absolute Gasteiger partial charge is 0.229 e. The molecule has 4 N–H and O–H groups in total. The minimum absolute atomic E-state index is 0.0350. The zero-order valence-electron chi connectivity index (χ0n) is 27.1. The normalized spacial score (nSPS) is 15.5. The summed E-state index contributed by atoms with van der Waals surface area (Å²) in [5, 5.41) is 18.6. The van der Waals surface area contributed by atoms with E-state index >= 15 is 0 Å². The van der Waals surface area contributed by atoms with Gasteiger partial charge in [0.25, 0.3) is 0 Å². The predicted octanol–water partition coefficient (Wildman–Crippen LogP) is 5.67. The lowest BCUT2D eigenvalue weighted by atomic mass is 9.96. The fourth-order valence-corrected chi connectivity index (χ4v) is 7.24. The van der Waals surface area contributed by atoms with Gasteiger partial charge in [-0.05, 0) is 68.4 Å².